The fourth-order valence-corrected chi connectivity index (χ4v) is 3.31. The molecular weight excluding hydrogens is 350 g/mol. The molecule has 0 saturated carbocycles. The Bertz CT molecular complexity index is 789. The highest BCUT2D eigenvalue weighted by atomic mass is 35.5. The molecule has 1 fully saturated rings. The molecule has 2 heterocycles. The number of hydrogen-bond donors (Lipinski definition) is 1. The first-order valence-corrected chi connectivity index (χ1v) is 9.43. The van der Waals surface area contributed by atoms with Crippen LogP contribution in [0.25, 0.3) is 0 Å². The van der Waals surface area contributed by atoms with Crippen molar-refractivity contribution in [3.05, 3.63) is 57.6 Å². The van der Waals surface area contributed by atoms with Crippen molar-refractivity contribution in [2.45, 2.75) is 45.6 Å². The van der Waals surface area contributed by atoms with Gasteiger partial charge in [-0.1, -0.05) is 24.6 Å². The summed E-state index contributed by atoms with van der Waals surface area (Å²) in [6, 6.07) is 7.67. The number of nitrogens with one attached hydrogen (secondary N) is 1. The molecule has 1 aliphatic heterocycles. The van der Waals surface area contributed by atoms with Gasteiger partial charge in [-0.2, -0.15) is 0 Å². The van der Waals surface area contributed by atoms with Gasteiger partial charge in [-0.25, -0.2) is 9.97 Å². The van der Waals surface area contributed by atoms with Crippen LogP contribution in [0.3, 0.4) is 0 Å². The van der Waals surface area contributed by atoms with Crippen molar-refractivity contribution in [3.63, 3.8) is 0 Å². The number of hydrogen-bond acceptors (Lipinski definition) is 4. The summed E-state index contributed by atoms with van der Waals surface area (Å²) < 4.78 is 5.33. The average molecular weight is 374 g/mol. The molecular formula is C20H24ClN3O2. The molecule has 26 heavy (non-hydrogen) atoms. The number of carbonyl (C=O) groups excluding carboxylic acids is 1. The third kappa shape index (κ3) is 4.80. The summed E-state index contributed by atoms with van der Waals surface area (Å²) in [6.45, 7) is 5.41. The summed E-state index contributed by atoms with van der Waals surface area (Å²) in [6.07, 6.45) is 3.11. The van der Waals surface area contributed by atoms with Crippen LogP contribution in [0.2, 0.25) is 5.02 Å². The predicted octanol–water partition coefficient (Wildman–Crippen LogP) is 3.50. The summed E-state index contributed by atoms with van der Waals surface area (Å²) in [7, 11) is 0. The van der Waals surface area contributed by atoms with Gasteiger partial charge in [0, 0.05) is 37.1 Å². The Morgan fingerprint density at radius 3 is 2.77 bits per heavy atom. The van der Waals surface area contributed by atoms with Crippen molar-refractivity contribution >= 4 is 17.5 Å². The number of amides is 1. The monoisotopic (exact) mass is 373 g/mol. The molecule has 0 radical (unpaired) electrons. The highest BCUT2D eigenvalue weighted by Crippen LogP contribution is 2.20. The molecule has 5 nitrogen and oxygen atoms in total. The number of nitrogens with zero attached hydrogens (tertiary/aromatic N) is 2. The first-order chi connectivity index (χ1) is 12.5. The summed E-state index contributed by atoms with van der Waals surface area (Å²) in [4.78, 5) is 21.7. The van der Waals surface area contributed by atoms with Crippen molar-refractivity contribution < 1.29 is 9.53 Å². The zero-order valence-corrected chi connectivity index (χ0v) is 16.0. The van der Waals surface area contributed by atoms with Crippen LogP contribution in [-0.4, -0.2) is 35.1 Å². The van der Waals surface area contributed by atoms with E-state index in [-0.39, 0.29) is 11.9 Å². The van der Waals surface area contributed by atoms with E-state index in [0.29, 0.717) is 30.2 Å². The fourth-order valence-electron chi connectivity index (χ4n) is 3.10. The van der Waals surface area contributed by atoms with Crippen LogP contribution in [-0.2, 0) is 17.6 Å². The van der Waals surface area contributed by atoms with Crippen LogP contribution in [0.5, 0.6) is 0 Å². The predicted molar refractivity (Wildman–Crippen MR) is 102 cm³/mol. The number of ether oxygens (including phenoxy) is 1. The zero-order valence-electron chi connectivity index (χ0n) is 15.2. The Kier molecular flexibility index (Phi) is 6.22. The molecule has 1 saturated heterocycles. The maximum atomic E-state index is 12.6. The second kappa shape index (κ2) is 8.60. The van der Waals surface area contributed by atoms with Crippen LogP contribution in [0.4, 0.5) is 0 Å². The van der Waals surface area contributed by atoms with Crippen molar-refractivity contribution in [3.8, 4) is 0 Å². The smallest absolute Gasteiger partial charge is 0.253 e. The first kappa shape index (κ1) is 18.8. The van der Waals surface area contributed by atoms with E-state index in [2.05, 4.69) is 22.2 Å². The third-order valence-electron chi connectivity index (χ3n) is 4.51. The molecule has 0 unspecified atom stereocenters. The van der Waals surface area contributed by atoms with Gasteiger partial charge in [-0.15, -0.1) is 0 Å². The van der Waals surface area contributed by atoms with Crippen LogP contribution in [0.15, 0.2) is 24.3 Å². The molecule has 1 aromatic carbocycles. The maximum absolute atomic E-state index is 12.6. The number of aryl methyl sites for hydroxylation is 2. The Morgan fingerprint density at radius 1 is 1.27 bits per heavy atom. The Morgan fingerprint density at radius 2 is 2.04 bits per heavy atom. The molecule has 138 valence electrons. The Labute approximate surface area is 159 Å². The minimum Gasteiger partial charge on any atom is -0.381 e. The van der Waals surface area contributed by atoms with Crippen LogP contribution >= 0.6 is 11.6 Å². The molecule has 0 bridgehead atoms. The largest absolute Gasteiger partial charge is 0.381 e. The molecule has 3 rings (SSSR count). The molecule has 1 aliphatic rings. The molecule has 6 heteroatoms. The summed E-state index contributed by atoms with van der Waals surface area (Å²) in [5, 5.41) is 3.52. The van der Waals surface area contributed by atoms with Gasteiger partial charge in [0.2, 0.25) is 0 Å². The van der Waals surface area contributed by atoms with Crippen molar-refractivity contribution in [1.29, 1.82) is 0 Å². The SMILES string of the molecule is CCc1cc(C)nc(Cc2ccc(Cl)c(C(=O)NC3CCOCC3)c2)n1. The van der Waals surface area contributed by atoms with E-state index in [0.717, 1.165) is 42.0 Å². The Hall–Kier alpha value is -1.98. The van der Waals surface area contributed by atoms with Gasteiger partial charge in [-0.05, 0) is 49.9 Å². The topological polar surface area (TPSA) is 64.1 Å². The van der Waals surface area contributed by atoms with Gasteiger partial charge in [0.25, 0.3) is 5.91 Å². The molecule has 1 amide bonds. The molecule has 0 spiro atoms. The zero-order chi connectivity index (χ0) is 18.5. The maximum Gasteiger partial charge on any atom is 0.253 e. The quantitative estimate of drug-likeness (QED) is 0.871. The second-order valence-electron chi connectivity index (χ2n) is 6.62. The number of carbonyl (C=O) groups is 1. The summed E-state index contributed by atoms with van der Waals surface area (Å²) >= 11 is 6.27. The molecule has 0 atom stereocenters. The number of halogens is 1. The number of aromatic nitrogens is 2. The lowest BCUT2D eigenvalue weighted by Gasteiger charge is -2.23. The summed E-state index contributed by atoms with van der Waals surface area (Å²) in [5.74, 6) is 0.628. The highest BCUT2D eigenvalue weighted by Gasteiger charge is 2.19. The van der Waals surface area contributed by atoms with E-state index in [1.165, 1.54) is 0 Å². The van der Waals surface area contributed by atoms with E-state index >= 15 is 0 Å². The number of rotatable bonds is 5. The van der Waals surface area contributed by atoms with Gasteiger partial charge >= 0.3 is 0 Å². The minimum absolute atomic E-state index is 0.136. The van der Waals surface area contributed by atoms with Gasteiger partial charge in [0.1, 0.15) is 5.82 Å². The van der Waals surface area contributed by atoms with Gasteiger partial charge in [-0.3, -0.25) is 4.79 Å². The molecule has 0 aliphatic carbocycles. The van der Waals surface area contributed by atoms with Gasteiger partial charge in [0.15, 0.2) is 0 Å². The lowest BCUT2D eigenvalue weighted by Crippen LogP contribution is -2.39. The number of benzene rings is 1. The van der Waals surface area contributed by atoms with Crippen molar-refractivity contribution in [1.82, 2.24) is 15.3 Å². The lowest BCUT2D eigenvalue weighted by atomic mass is 10.0. The van der Waals surface area contributed by atoms with E-state index in [9.17, 15) is 4.79 Å². The molecule has 1 aromatic heterocycles. The van der Waals surface area contributed by atoms with Crippen LogP contribution < -0.4 is 5.32 Å². The average Bonchev–Trinajstić information content (AvgIpc) is 2.63. The minimum atomic E-state index is -0.136. The van der Waals surface area contributed by atoms with E-state index in [1.54, 1.807) is 6.07 Å². The standard InChI is InChI=1S/C20H24ClN3O2/c1-3-15-10-13(2)22-19(23-15)12-14-4-5-18(21)17(11-14)20(25)24-16-6-8-26-9-7-16/h4-5,10-11,16H,3,6-9,12H2,1-2H3,(H,24,25). The Balaban J connectivity index is 1.76. The van der Waals surface area contributed by atoms with Crippen molar-refractivity contribution in [2.24, 2.45) is 0 Å². The second-order valence-corrected chi connectivity index (χ2v) is 7.03. The van der Waals surface area contributed by atoms with E-state index < -0.39 is 0 Å². The third-order valence-corrected chi connectivity index (χ3v) is 4.84. The molecule has 1 N–H and O–H groups in total. The van der Waals surface area contributed by atoms with Crippen LogP contribution in [0, 0.1) is 6.92 Å². The fraction of sp³-hybridized carbons (Fsp3) is 0.450. The normalized spacial score (nSPS) is 15.0. The summed E-state index contributed by atoms with van der Waals surface area (Å²) in [5.41, 5.74) is 3.45. The van der Waals surface area contributed by atoms with E-state index in [4.69, 9.17) is 16.3 Å². The highest BCUT2D eigenvalue weighted by molar-refractivity contribution is 6.33. The van der Waals surface area contributed by atoms with Crippen LogP contribution in [0.1, 0.15) is 52.9 Å². The van der Waals surface area contributed by atoms with Crippen molar-refractivity contribution in [2.75, 3.05) is 13.2 Å². The first-order valence-electron chi connectivity index (χ1n) is 9.05. The van der Waals surface area contributed by atoms with E-state index in [1.807, 2.05) is 25.1 Å². The molecule has 2 aromatic rings. The lowest BCUT2D eigenvalue weighted by molar-refractivity contribution is 0.0696. The van der Waals surface area contributed by atoms with Gasteiger partial charge < -0.3 is 10.1 Å². The van der Waals surface area contributed by atoms with Gasteiger partial charge in [0.05, 0.1) is 10.6 Å².